The van der Waals surface area contributed by atoms with Gasteiger partial charge in [-0.15, -0.1) is 0 Å². The van der Waals surface area contributed by atoms with Crippen LogP contribution in [0.2, 0.25) is 0 Å². The van der Waals surface area contributed by atoms with Gasteiger partial charge in [-0.25, -0.2) is 0 Å². The molecule has 0 saturated heterocycles. The molecule has 0 bridgehead atoms. The standard InChI is InChI=1S/C17H32NP/c1-8-16(19(7,9-2)17(4,5)6)18-15-12-10-14(3)11-13-15/h10-13,16,18-19H,8-9H2,1-7H3. The van der Waals surface area contributed by atoms with Crippen molar-refractivity contribution in [3.8, 4) is 0 Å². The molecular weight excluding hydrogens is 249 g/mol. The van der Waals surface area contributed by atoms with Gasteiger partial charge in [-0.05, 0) is 0 Å². The van der Waals surface area contributed by atoms with Crippen molar-refractivity contribution in [1.29, 1.82) is 0 Å². The SMILES string of the molecule is CCC(Nc1ccc(C)cc1)[PH](C)(CC)C(C)(C)C. The van der Waals surface area contributed by atoms with Crippen LogP contribution < -0.4 is 5.32 Å². The number of hydrogen-bond donors (Lipinski definition) is 1. The molecule has 0 fully saturated rings. The Kier molecular flexibility index (Phi) is 5.44. The Balaban J connectivity index is 2.96. The number of aryl methyl sites for hydroxylation is 1. The van der Waals surface area contributed by atoms with Gasteiger partial charge in [0.1, 0.15) is 0 Å². The molecular formula is C17H32NP. The van der Waals surface area contributed by atoms with Crippen molar-refractivity contribution in [3.05, 3.63) is 29.8 Å². The molecule has 1 N–H and O–H groups in total. The Hall–Kier alpha value is -0.550. The van der Waals surface area contributed by atoms with Crippen LogP contribution in [0.15, 0.2) is 24.3 Å². The molecule has 0 spiro atoms. The Labute approximate surface area is 120 Å². The Morgan fingerprint density at radius 2 is 1.63 bits per heavy atom. The van der Waals surface area contributed by atoms with Crippen molar-refractivity contribution in [2.24, 2.45) is 0 Å². The van der Waals surface area contributed by atoms with E-state index in [-0.39, 0.29) is 0 Å². The molecule has 0 saturated carbocycles. The molecule has 0 aliphatic carbocycles. The number of rotatable bonds is 5. The predicted molar refractivity (Wildman–Crippen MR) is 93.4 cm³/mol. The Morgan fingerprint density at radius 3 is 2.00 bits per heavy atom. The summed E-state index contributed by atoms with van der Waals surface area (Å²) in [7, 11) is -1.36. The molecule has 0 aromatic heterocycles. The van der Waals surface area contributed by atoms with Crippen LogP contribution in [0.5, 0.6) is 0 Å². The summed E-state index contributed by atoms with van der Waals surface area (Å²) in [5, 5.41) is 4.25. The first-order chi connectivity index (χ1) is 8.74. The summed E-state index contributed by atoms with van der Waals surface area (Å²) in [6.07, 6.45) is 2.54. The summed E-state index contributed by atoms with van der Waals surface area (Å²) in [5.41, 5.74) is 2.60. The summed E-state index contributed by atoms with van der Waals surface area (Å²) in [5.74, 6) is 0.639. The second kappa shape index (κ2) is 6.27. The van der Waals surface area contributed by atoms with E-state index in [0.717, 1.165) is 0 Å². The van der Waals surface area contributed by atoms with Gasteiger partial charge in [-0.2, -0.15) is 0 Å². The molecule has 2 heteroatoms. The second-order valence-electron chi connectivity index (χ2n) is 6.99. The van der Waals surface area contributed by atoms with E-state index in [1.54, 1.807) is 0 Å². The number of benzene rings is 1. The Bertz CT molecular complexity index is 391. The molecule has 1 aromatic carbocycles. The van der Waals surface area contributed by atoms with Crippen molar-refractivity contribution in [2.75, 3.05) is 18.1 Å². The van der Waals surface area contributed by atoms with Crippen molar-refractivity contribution in [3.63, 3.8) is 0 Å². The van der Waals surface area contributed by atoms with E-state index in [0.29, 0.717) is 10.9 Å². The van der Waals surface area contributed by atoms with Crippen molar-refractivity contribution in [1.82, 2.24) is 0 Å². The summed E-state index contributed by atoms with van der Waals surface area (Å²) >= 11 is 0. The van der Waals surface area contributed by atoms with Crippen LogP contribution in [0.3, 0.4) is 0 Å². The van der Waals surface area contributed by atoms with E-state index < -0.39 is 7.26 Å². The van der Waals surface area contributed by atoms with Crippen LogP contribution >= 0.6 is 7.26 Å². The van der Waals surface area contributed by atoms with Crippen LogP contribution in [0.25, 0.3) is 0 Å². The monoisotopic (exact) mass is 281 g/mol. The van der Waals surface area contributed by atoms with Crippen LogP contribution in [0, 0.1) is 6.92 Å². The fourth-order valence-corrected chi connectivity index (χ4v) is 6.85. The van der Waals surface area contributed by atoms with Gasteiger partial charge in [0.05, 0.1) is 0 Å². The maximum atomic E-state index is 3.82. The zero-order chi connectivity index (χ0) is 14.7. The maximum absolute atomic E-state index is 3.82. The summed E-state index contributed by atoms with van der Waals surface area (Å²) in [4.78, 5) is 0. The molecule has 0 radical (unpaired) electrons. The zero-order valence-corrected chi connectivity index (χ0v) is 14.8. The van der Waals surface area contributed by atoms with E-state index in [4.69, 9.17) is 0 Å². The van der Waals surface area contributed by atoms with E-state index >= 15 is 0 Å². The number of nitrogens with one attached hydrogen (secondary N) is 1. The van der Waals surface area contributed by atoms with Gasteiger partial charge in [-0.3, -0.25) is 0 Å². The van der Waals surface area contributed by atoms with E-state index in [2.05, 4.69) is 77.8 Å². The summed E-state index contributed by atoms with van der Waals surface area (Å²) in [6, 6.07) is 8.81. The van der Waals surface area contributed by atoms with E-state index in [9.17, 15) is 0 Å². The van der Waals surface area contributed by atoms with Crippen LogP contribution in [-0.4, -0.2) is 23.8 Å². The van der Waals surface area contributed by atoms with Gasteiger partial charge in [0.25, 0.3) is 0 Å². The minimum absolute atomic E-state index is 0.431. The Morgan fingerprint density at radius 1 is 1.11 bits per heavy atom. The fraction of sp³-hybridized carbons (Fsp3) is 0.647. The minimum atomic E-state index is -1.36. The molecule has 19 heavy (non-hydrogen) atoms. The van der Waals surface area contributed by atoms with Gasteiger partial charge in [0.15, 0.2) is 0 Å². The molecule has 110 valence electrons. The first kappa shape index (κ1) is 16.5. The third kappa shape index (κ3) is 3.72. The molecule has 1 unspecified atom stereocenters. The van der Waals surface area contributed by atoms with Gasteiger partial charge < -0.3 is 0 Å². The quantitative estimate of drug-likeness (QED) is 0.718. The topological polar surface area (TPSA) is 12.0 Å². The van der Waals surface area contributed by atoms with Crippen LogP contribution in [-0.2, 0) is 0 Å². The number of hydrogen-bond acceptors (Lipinski definition) is 1. The molecule has 0 aliphatic heterocycles. The van der Waals surface area contributed by atoms with Gasteiger partial charge in [0.2, 0.25) is 0 Å². The van der Waals surface area contributed by atoms with Crippen molar-refractivity contribution >= 4 is 12.9 Å². The first-order valence-electron chi connectivity index (χ1n) is 7.57. The van der Waals surface area contributed by atoms with Crippen LogP contribution in [0.4, 0.5) is 5.69 Å². The molecule has 0 heterocycles. The first-order valence-corrected chi connectivity index (χ1v) is 10.4. The molecule has 1 nitrogen and oxygen atoms in total. The normalized spacial score (nSPS) is 15.1. The van der Waals surface area contributed by atoms with Gasteiger partial charge >= 0.3 is 120 Å². The summed E-state index contributed by atoms with van der Waals surface area (Å²) in [6.45, 7) is 16.6. The van der Waals surface area contributed by atoms with Gasteiger partial charge in [-0.1, -0.05) is 0 Å². The second-order valence-corrected chi connectivity index (χ2v) is 12.7. The van der Waals surface area contributed by atoms with Crippen molar-refractivity contribution in [2.45, 2.75) is 58.9 Å². The van der Waals surface area contributed by atoms with Crippen LogP contribution in [0.1, 0.15) is 46.6 Å². The van der Waals surface area contributed by atoms with Gasteiger partial charge in [0, 0.05) is 0 Å². The molecule has 0 aliphatic rings. The fourth-order valence-electron chi connectivity index (χ4n) is 2.86. The third-order valence-corrected chi connectivity index (χ3v) is 12.0. The predicted octanol–water partition coefficient (Wildman–Crippen LogP) is 5.34. The third-order valence-electron chi connectivity index (χ3n) is 5.02. The van der Waals surface area contributed by atoms with E-state index in [1.807, 2.05) is 0 Å². The summed E-state index contributed by atoms with van der Waals surface area (Å²) < 4.78 is 0. The molecule has 1 aromatic rings. The average molecular weight is 281 g/mol. The molecule has 1 rings (SSSR count). The van der Waals surface area contributed by atoms with E-state index in [1.165, 1.54) is 23.8 Å². The molecule has 0 amide bonds. The zero-order valence-electron chi connectivity index (χ0n) is 13.8. The molecule has 1 atom stereocenters. The average Bonchev–Trinajstić information content (AvgIpc) is 2.35. The van der Waals surface area contributed by atoms with Crippen molar-refractivity contribution < 1.29 is 0 Å². The number of anilines is 1.